The van der Waals surface area contributed by atoms with E-state index >= 15 is 0 Å². The third-order valence-electron chi connectivity index (χ3n) is 1.83. The second-order valence-corrected chi connectivity index (χ2v) is 2.68. The zero-order chi connectivity index (χ0) is 9.97. The number of nitrogens with one attached hydrogen (secondary N) is 1. The molecule has 14 heavy (non-hydrogen) atoms. The lowest BCUT2D eigenvalue weighted by molar-refractivity contribution is 0.396. The number of H-pyrrole nitrogens is 1. The fraction of sp³-hybridized carbons (Fsp3) is 0.111. The monoisotopic (exact) mass is 193 g/mol. The van der Waals surface area contributed by atoms with Gasteiger partial charge in [0.15, 0.2) is 5.82 Å². The Morgan fingerprint density at radius 3 is 3.00 bits per heavy atom. The molecule has 0 saturated carbocycles. The molecule has 0 aromatic carbocycles. The van der Waals surface area contributed by atoms with Crippen molar-refractivity contribution in [1.82, 2.24) is 15.2 Å². The van der Waals surface area contributed by atoms with Gasteiger partial charge in [0.05, 0.1) is 19.0 Å². The molecule has 0 aliphatic carbocycles. The smallest absolute Gasteiger partial charge is 0.213 e. The lowest BCUT2D eigenvalue weighted by atomic mass is 10.2. The maximum absolute atomic E-state index is 13.3. The van der Waals surface area contributed by atoms with Crippen molar-refractivity contribution in [2.75, 3.05) is 7.11 Å². The summed E-state index contributed by atoms with van der Waals surface area (Å²) >= 11 is 0. The summed E-state index contributed by atoms with van der Waals surface area (Å²) in [5.41, 5.74) is 0.998. The summed E-state index contributed by atoms with van der Waals surface area (Å²) in [7, 11) is 1.48. The first-order valence-electron chi connectivity index (χ1n) is 4.00. The van der Waals surface area contributed by atoms with Crippen molar-refractivity contribution in [3.05, 3.63) is 30.3 Å². The Hall–Kier alpha value is -1.91. The lowest BCUT2D eigenvalue weighted by Crippen LogP contribution is -1.91. The van der Waals surface area contributed by atoms with Gasteiger partial charge in [-0.15, -0.1) is 0 Å². The molecule has 5 heteroatoms. The molecule has 0 fully saturated rings. The van der Waals surface area contributed by atoms with Crippen LogP contribution in [0.5, 0.6) is 5.88 Å². The summed E-state index contributed by atoms with van der Waals surface area (Å²) < 4.78 is 18.2. The Morgan fingerprint density at radius 2 is 2.36 bits per heavy atom. The zero-order valence-corrected chi connectivity index (χ0v) is 7.49. The molecule has 0 aliphatic rings. The minimum atomic E-state index is -0.407. The van der Waals surface area contributed by atoms with Gasteiger partial charge in [0.25, 0.3) is 0 Å². The fourth-order valence-electron chi connectivity index (χ4n) is 1.14. The number of ether oxygens (including phenoxy) is 1. The first-order valence-corrected chi connectivity index (χ1v) is 4.00. The number of methoxy groups -OCH3 is 1. The van der Waals surface area contributed by atoms with Crippen LogP contribution in [0, 0.1) is 5.82 Å². The van der Waals surface area contributed by atoms with E-state index in [0.717, 1.165) is 6.20 Å². The van der Waals surface area contributed by atoms with Crippen LogP contribution in [0.4, 0.5) is 4.39 Å². The predicted molar refractivity (Wildman–Crippen MR) is 48.3 cm³/mol. The summed E-state index contributed by atoms with van der Waals surface area (Å²) in [6.45, 7) is 0. The van der Waals surface area contributed by atoms with E-state index in [1.807, 2.05) is 0 Å². The van der Waals surface area contributed by atoms with Crippen LogP contribution in [0.3, 0.4) is 0 Å². The molecule has 0 unspecified atom stereocenters. The first kappa shape index (κ1) is 8.68. The molecule has 72 valence electrons. The van der Waals surface area contributed by atoms with Gasteiger partial charge in [-0.2, -0.15) is 5.10 Å². The molecule has 0 spiro atoms. The van der Waals surface area contributed by atoms with Gasteiger partial charge in [-0.25, -0.2) is 9.37 Å². The Kier molecular flexibility index (Phi) is 2.14. The topological polar surface area (TPSA) is 50.8 Å². The van der Waals surface area contributed by atoms with Gasteiger partial charge < -0.3 is 4.74 Å². The van der Waals surface area contributed by atoms with Gasteiger partial charge in [0, 0.05) is 17.8 Å². The van der Waals surface area contributed by atoms with Gasteiger partial charge in [0.1, 0.15) is 0 Å². The van der Waals surface area contributed by atoms with Crippen molar-refractivity contribution >= 4 is 0 Å². The van der Waals surface area contributed by atoms with Crippen molar-refractivity contribution in [2.45, 2.75) is 0 Å². The SMILES string of the molecule is COc1cc(-c2ccn[nH]2)c(F)cn1. The highest BCUT2D eigenvalue weighted by Crippen LogP contribution is 2.22. The molecule has 0 saturated heterocycles. The van der Waals surface area contributed by atoms with E-state index in [2.05, 4.69) is 15.2 Å². The highest BCUT2D eigenvalue weighted by molar-refractivity contribution is 5.60. The first-order chi connectivity index (χ1) is 6.81. The number of hydrogen-bond donors (Lipinski definition) is 1. The Labute approximate surface area is 79.7 Å². The van der Waals surface area contributed by atoms with Gasteiger partial charge in [-0.1, -0.05) is 0 Å². The van der Waals surface area contributed by atoms with Gasteiger partial charge in [-0.3, -0.25) is 5.10 Å². The number of rotatable bonds is 2. The summed E-state index contributed by atoms with van der Waals surface area (Å²) in [6, 6.07) is 3.20. The molecule has 0 amide bonds. The lowest BCUT2D eigenvalue weighted by Gasteiger charge is -2.02. The highest BCUT2D eigenvalue weighted by atomic mass is 19.1. The number of nitrogens with zero attached hydrogens (tertiary/aromatic N) is 2. The minimum absolute atomic E-state index is 0.371. The van der Waals surface area contributed by atoms with Gasteiger partial charge in [0.2, 0.25) is 5.88 Å². The number of hydrogen-bond acceptors (Lipinski definition) is 3. The minimum Gasteiger partial charge on any atom is -0.481 e. The van der Waals surface area contributed by atoms with Crippen molar-refractivity contribution in [2.24, 2.45) is 0 Å². The highest BCUT2D eigenvalue weighted by Gasteiger charge is 2.08. The van der Waals surface area contributed by atoms with E-state index in [1.54, 1.807) is 12.3 Å². The molecule has 4 nitrogen and oxygen atoms in total. The zero-order valence-electron chi connectivity index (χ0n) is 7.49. The molecule has 2 heterocycles. The fourth-order valence-corrected chi connectivity index (χ4v) is 1.14. The third-order valence-corrected chi connectivity index (χ3v) is 1.83. The number of pyridine rings is 1. The Morgan fingerprint density at radius 1 is 1.50 bits per heavy atom. The van der Waals surface area contributed by atoms with Crippen LogP contribution in [0.15, 0.2) is 24.5 Å². The van der Waals surface area contributed by atoms with Crippen LogP contribution in [0.2, 0.25) is 0 Å². The van der Waals surface area contributed by atoms with E-state index in [-0.39, 0.29) is 0 Å². The Balaban J connectivity index is 2.51. The molecule has 0 aliphatic heterocycles. The third kappa shape index (κ3) is 1.44. The van der Waals surface area contributed by atoms with E-state index in [0.29, 0.717) is 17.1 Å². The summed E-state index contributed by atoms with van der Waals surface area (Å²) in [5, 5.41) is 6.41. The molecular formula is C9H8FN3O. The number of halogens is 1. The van der Waals surface area contributed by atoms with E-state index in [1.165, 1.54) is 13.2 Å². The molecule has 0 bridgehead atoms. The standard InChI is InChI=1S/C9H8FN3O/c1-14-9-4-6(7(10)5-11-9)8-2-3-12-13-8/h2-5H,1H3,(H,12,13). The quantitative estimate of drug-likeness (QED) is 0.788. The van der Waals surface area contributed by atoms with Gasteiger partial charge in [-0.05, 0) is 6.07 Å². The molecule has 0 radical (unpaired) electrons. The van der Waals surface area contributed by atoms with Crippen molar-refractivity contribution in [3.8, 4) is 17.1 Å². The van der Waals surface area contributed by atoms with Crippen LogP contribution in [0.1, 0.15) is 0 Å². The molecule has 1 N–H and O–H groups in total. The second kappa shape index (κ2) is 3.45. The summed E-state index contributed by atoms with van der Waals surface area (Å²) in [5.74, 6) is -0.0361. The molecule has 2 rings (SSSR count). The van der Waals surface area contributed by atoms with Crippen LogP contribution in [-0.2, 0) is 0 Å². The average molecular weight is 193 g/mol. The van der Waals surface area contributed by atoms with Crippen LogP contribution in [-0.4, -0.2) is 22.3 Å². The Bertz CT molecular complexity index is 428. The molecule has 0 atom stereocenters. The molecule has 2 aromatic rings. The molecule has 2 aromatic heterocycles. The molecular weight excluding hydrogens is 185 g/mol. The maximum Gasteiger partial charge on any atom is 0.213 e. The summed E-state index contributed by atoms with van der Waals surface area (Å²) in [6.07, 6.45) is 2.68. The van der Waals surface area contributed by atoms with Crippen LogP contribution in [0.25, 0.3) is 11.3 Å². The van der Waals surface area contributed by atoms with Crippen LogP contribution < -0.4 is 4.74 Å². The van der Waals surface area contributed by atoms with E-state index in [4.69, 9.17) is 4.74 Å². The predicted octanol–water partition coefficient (Wildman–Crippen LogP) is 1.62. The van der Waals surface area contributed by atoms with Crippen molar-refractivity contribution in [3.63, 3.8) is 0 Å². The number of aromatic nitrogens is 3. The van der Waals surface area contributed by atoms with Crippen molar-refractivity contribution < 1.29 is 9.13 Å². The largest absolute Gasteiger partial charge is 0.481 e. The maximum atomic E-state index is 13.3. The normalized spacial score (nSPS) is 10.1. The van der Waals surface area contributed by atoms with Crippen LogP contribution >= 0.6 is 0 Å². The van der Waals surface area contributed by atoms with E-state index in [9.17, 15) is 4.39 Å². The van der Waals surface area contributed by atoms with Gasteiger partial charge >= 0.3 is 0 Å². The summed E-state index contributed by atoms with van der Waals surface area (Å²) in [4.78, 5) is 3.74. The van der Waals surface area contributed by atoms with E-state index < -0.39 is 5.82 Å². The number of aromatic amines is 1. The second-order valence-electron chi connectivity index (χ2n) is 2.68. The van der Waals surface area contributed by atoms with Crippen molar-refractivity contribution in [1.29, 1.82) is 0 Å². The average Bonchev–Trinajstić information content (AvgIpc) is 2.71.